The second-order valence-electron chi connectivity index (χ2n) is 6.87. The second kappa shape index (κ2) is 9.27. The molecule has 1 aromatic rings. The zero-order chi connectivity index (χ0) is 19.0. The van der Waals surface area contributed by atoms with Crippen LogP contribution < -0.4 is 25.0 Å². The summed E-state index contributed by atoms with van der Waals surface area (Å²) in [7, 11) is 3.10. The van der Waals surface area contributed by atoms with Gasteiger partial charge in [0.1, 0.15) is 0 Å². The van der Waals surface area contributed by atoms with E-state index in [9.17, 15) is 9.59 Å². The van der Waals surface area contributed by atoms with Crippen LogP contribution in [0.15, 0.2) is 18.2 Å². The van der Waals surface area contributed by atoms with E-state index in [0.717, 1.165) is 4.90 Å². The predicted octanol–water partition coefficient (Wildman–Crippen LogP) is 0.462. The van der Waals surface area contributed by atoms with Crippen molar-refractivity contribution < 1.29 is 24.0 Å². The first kappa shape index (κ1) is 20.8. The highest BCUT2D eigenvalue weighted by molar-refractivity contribution is 5.92. The molecule has 3 N–H and O–H groups in total. The maximum atomic E-state index is 12.3. The van der Waals surface area contributed by atoms with Gasteiger partial charge in [-0.15, -0.1) is 0 Å². The van der Waals surface area contributed by atoms with Crippen LogP contribution >= 0.6 is 0 Å². The Morgan fingerprint density at radius 2 is 1.64 bits per heavy atom. The van der Waals surface area contributed by atoms with Gasteiger partial charge in [-0.05, 0) is 39.8 Å². The van der Waals surface area contributed by atoms with Crippen LogP contribution in [0, 0.1) is 0 Å². The maximum absolute atomic E-state index is 12.3. The third-order valence-corrected chi connectivity index (χ3v) is 3.50. The van der Waals surface area contributed by atoms with Crippen molar-refractivity contribution in [3.63, 3.8) is 0 Å². The van der Waals surface area contributed by atoms with Gasteiger partial charge < -0.3 is 25.0 Å². The lowest BCUT2D eigenvalue weighted by Crippen LogP contribution is -3.14. The topological polar surface area (TPSA) is 81.1 Å². The molecule has 2 amide bonds. The van der Waals surface area contributed by atoms with E-state index in [0.29, 0.717) is 23.7 Å². The average Bonchev–Trinajstić information content (AvgIpc) is 2.52. The smallest absolute Gasteiger partial charge is 0.279 e. The Morgan fingerprint density at radius 1 is 1.04 bits per heavy atom. The van der Waals surface area contributed by atoms with Crippen molar-refractivity contribution in [3.05, 3.63) is 18.2 Å². The molecule has 1 aromatic carbocycles. The number of carbonyl (C=O) groups is 2. The molecule has 0 bridgehead atoms. The minimum Gasteiger partial charge on any atom is -0.493 e. The van der Waals surface area contributed by atoms with E-state index in [2.05, 4.69) is 10.6 Å². The molecule has 1 atom stereocenters. The molecule has 0 aromatic heterocycles. The number of hydrogen-bond acceptors (Lipinski definition) is 4. The zero-order valence-electron chi connectivity index (χ0n) is 16.0. The standard InChI is InChI=1S/C18H29N3O4/c1-7-21(12-17(23)20-18(2,3)4)11-16(22)19-13-8-9-14(24-5)15(10-13)25-6/h8-10H,7,11-12H2,1-6H3,(H,19,22)(H,20,23)/p+1. The van der Waals surface area contributed by atoms with Crippen LogP contribution in [0.5, 0.6) is 11.5 Å². The molecule has 7 heteroatoms. The van der Waals surface area contributed by atoms with Gasteiger partial charge in [-0.25, -0.2) is 0 Å². The first-order valence-corrected chi connectivity index (χ1v) is 8.35. The van der Waals surface area contributed by atoms with E-state index >= 15 is 0 Å². The monoisotopic (exact) mass is 352 g/mol. The Balaban J connectivity index is 2.63. The van der Waals surface area contributed by atoms with Crippen LogP contribution in [0.1, 0.15) is 27.7 Å². The summed E-state index contributed by atoms with van der Waals surface area (Å²) < 4.78 is 10.4. The number of hydrogen-bond donors (Lipinski definition) is 3. The molecule has 0 fully saturated rings. The summed E-state index contributed by atoms with van der Waals surface area (Å²) in [4.78, 5) is 25.2. The van der Waals surface area contributed by atoms with E-state index in [1.807, 2.05) is 27.7 Å². The Hall–Kier alpha value is -2.28. The van der Waals surface area contributed by atoms with E-state index in [1.165, 1.54) is 0 Å². The number of ether oxygens (including phenoxy) is 2. The third-order valence-electron chi connectivity index (χ3n) is 3.50. The summed E-state index contributed by atoms with van der Waals surface area (Å²) >= 11 is 0. The molecule has 140 valence electrons. The molecule has 0 aliphatic rings. The van der Waals surface area contributed by atoms with Gasteiger partial charge in [-0.3, -0.25) is 9.59 Å². The minimum absolute atomic E-state index is 0.0664. The van der Waals surface area contributed by atoms with Crippen molar-refractivity contribution in [2.75, 3.05) is 39.2 Å². The molecule has 1 rings (SSSR count). The number of amides is 2. The Kier molecular flexibility index (Phi) is 7.70. The van der Waals surface area contributed by atoms with E-state index in [-0.39, 0.29) is 30.4 Å². The molecular weight excluding hydrogens is 322 g/mol. The SMILES string of the molecule is CC[NH+](CC(=O)Nc1ccc(OC)c(OC)c1)CC(=O)NC(C)(C)C. The summed E-state index contributed by atoms with van der Waals surface area (Å²) in [5.41, 5.74) is 0.343. The fourth-order valence-electron chi connectivity index (χ4n) is 2.35. The second-order valence-corrected chi connectivity index (χ2v) is 6.87. The Bertz CT molecular complexity index is 596. The fourth-order valence-corrected chi connectivity index (χ4v) is 2.35. The highest BCUT2D eigenvalue weighted by Crippen LogP contribution is 2.29. The molecule has 0 heterocycles. The van der Waals surface area contributed by atoms with E-state index < -0.39 is 0 Å². The number of benzene rings is 1. The Labute approximate surface area is 149 Å². The molecule has 0 saturated heterocycles. The van der Waals surface area contributed by atoms with Crippen LogP contribution in [-0.2, 0) is 9.59 Å². The number of rotatable bonds is 8. The summed E-state index contributed by atoms with van der Waals surface area (Å²) in [6, 6.07) is 5.18. The molecule has 1 unspecified atom stereocenters. The molecule has 7 nitrogen and oxygen atoms in total. The fraction of sp³-hybridized carbons (Fsp3) is 0.556. The summed E-state index contributed by atoms with van der Waals surface area (Å²) in [5.74, 6) is 0.917. The largest absolute Gasteiger partial charge is 0.493 e. The number of carbonyl (C=O) groups excluding carboxylic acids is 2. The lowest BCUT2D eigenvalue weighted by atomic mass is 10.1. The van der Waals surface area contributed by atoms with Crippen molar-refractivity contribution in [2.45, 2.75) is 33.2 Å². The van der Waals surface area contributed by atoms with Crippen LogP contribution in [0.2, 0.25) is 0 Å². The van der Waals surface area contributed by atoms with Gasteiger partial charge in [0.15, 0.2) is 24.6 Å². The molecule has 25 heavy (non-hydrogen) atoms. The van der Waals surface area contributed by atoms with E-state index in [1.54, 1.807) is 32.4 Å². The number of quaternary nitrogens is 1. The molecule has 0 aliphatic carbocycles. The van der Waals surface area contributed by atoms with Crippen molar-refractivity contribution in [2.24, 2.45) is 0 Å². The summed E-state index contributed by atoms with van der Waals surface area (Å²) in [6.07, 6.45) is 0. The van der Waals surface area contributed by atoms with Crippen LogP contribution in [0.3, 0.4) is 0 Å². The lowest BCUT2D eigenvalue weighted by molar-refractivity contribution is -0.881. The highest BCUT2D eigenvalue weighted by Gasteiger charge is 2.20. The normalized spacial score (nSPS) is 12.2. The van der Waals surface area contributed by atoms with E-state index in [4.69, 9.17) is 9.47 Å². The first-order valence-electron chi connectivity index (χ1n) is 8.35. The van der Waals surface area contributed by atoms with Crippen molar-refractivity contribution in [1.82, 2.24) is 5.32 Å². The quantitative estimate of drug-likeness (QED) is 0.635. The van der Waals surface area contributed by atoms with Gasteiger partial charge in [0.2, 0.25) is 0 Å². The van der Waals surface area contributed by atoms with Gasteiger partial charge in [-0.2, -0.15) is 0 Å². The van der Waals surface area contributed by atoms with Gasteiger partial charge in [-0.1, -0.05) is 0 Å². The minimum atomic E-state index is -0.280. The molecular formula is C18H30N3O4+. The predicted molar refractivity (Wildman–Crippen MR) is 97.3 cm³/mol. The maximum Gasteiger partial charge on any atom is 0.279 e. The lowest BCUT2D eigenvalue weighted by Gasteiger charge is -2.23. The van der Waals surface area contributed by atoms with Gasteiger partial charge >= 0.3 is 0 Å². The van der Waals surface area contributed by atoms with Crippen LogP contribution in [0.25, 0.3) is 0 Å². The van der Waals surface area contributed by atoms with Gasteiger partial charge in [0.25, 0.3) is 11.8 Å². The third kappa shape index (κ3) is 7.43. The number of methoxy groups -OCH3 is 2. The van der Waals surface area contributed by atoms with Crippen molar-refractivity contribution >= 4 is 17.5 Å². The molecule has 0 radical (unpaired) electrons. The highest BCUT2D eigenvalue weighted by atomic mass is 16.5. The molecule has 0 saturated carbocycles. The van der Waals surface area contributed by atoms with Crippen molar-refractivity contribution in [3.8, 4) is 11.5 Å². The summed E-state index contributed by atoms with van der Waals surface area (Å²) in [6.45, 7) is 8.89. The summed E-state index contributed by atoms with van der Waals surface area (Å²) in [5, 5.41) is 5.74. The molecule has 0 aliphatic heterocycles. The van der Waals surface area contributed by atoms with Crippen LogP contribution in [0.4, 0.5) is 5.69 Å². The number of nitrogens with one attached hydrogen (secondary N) is 3. The van der Waals surface area contributed by atoms with Crippen molar-refractivity contribution in [1.29, 1.82) is 0 Å². The van der Waals surface area contributed by atoms with Crippen LogP contribution in [-0.4, -0.2) is 51.2 Å². The number of likely N-dealkylation sites (N-methyl/N-ethyl adjacent to an activating group) is 1. The Morgan fingerprint density at radius 3 is 2.16 bits per heavy atom. The molecule has 0 spiro atoms. The van der Waals surface area contributed by atoms with Gasteiger partial charge in [0, 0.05) is 17.3 Å². The number of anilines is 1. The zero-order valence-corrected chi connectivity index (χ0v) is 16.0. The van der Waals surface area contributed by atoms with Gasteiger partial charge in [0.05, 0.1) is 20.8 Å². The first-order chi connectivity index (χ1) is 11.7. The average molecular weight is 352 g/mol.